The summed E-state index contributed by atoms with van der Waals surface area (Å²) >= 11 is 0. The van der Waals surface area contributed by atoms with Crippen LogP contribution >= 0.6 is 0 Å². The summed E-state index contributed by atoms with van der Waals surface area (Å²) in [5.41, 5.74) is 1.02. The normalized spacial score (nSPS) is 24.7. The van der Waals surface area contributed by atoms with Crippen LogP contribution in [0.4, 0.5) is 11.4 Å². The van der Waals surface area contributed by atoms with Gasteiger partial charge in [0.15, 0.2) is 5.78 Å². The number of nitro groups is 1. The Kier molecular flexibility index (Phi) is 3.66. The van der Waals surface area contributed by atoms with Crippen molar-refractivity contribution in [2.24, 2.45) is 5.92 Å². The molecule has 1 saturated carbocycles. The largest absolute Gasteiger partial charge is 0.368 e. The topological polar surface area (TPSA) is 63.5 Å². The van der Waals surface area contributed by atoms with Gasteiger partial charge >= 0.3 is 0 Å². The number of carbonyl (C=O) groups excluding carboxylic acids is 1. The molecule has 3 rings (SSSR count). The van der Waals surface area contributed by atoms with Crippen LogP contribution in [0.15, 0.2) is 18.2 Å². The first-order chi connectivity index (χ1) is 10.1. The summed E-state index contributed by atoms with van der Waals surface area (Å²) in [5, 5.41) is 11.2. The number of anilines is 1. The highest BCUT2D eigenvalue weighted by atomic mass is 16.6. The summed E-state index contributed by atoms with van der Waals surface area (Å²) in [6.07, 6.45) is 6.11. The molecular weight excluding hydrogens is 268 g/mol. The molecule has 21 heavy (non-hydrogen) atoms. The predicted octanol–water partition coefficient (Wildman–Crippen LogP) is 3.57. The average molecular weight is 288 g/mol. The summed E-state index contributed by atoms with van der Waals surface area (Å²) < 4.78 is 0. The molecule has 0 N–H and O–H groups in total. The van der Waals surface area contributed by atoms with Crippen LogP contribution in [0.5, 0.6) is 0 Å². The van der Waals surface area contributed by atoms with Crippen LogP contribution in [0.1, 0.15) is 49.4 Å². The quantitative estimate of drug-likeness (QED) is 0.484. The number of hydrogen-bond donors (Lipinski definition) is 0. The summed E-state index contributed by atoms with van der Waals surface area (Å²) in [5.74, 6) is 0.468. The van der Waals surface area contributed by atoms with E-state index in [4.69, 9.17) is 0 Å². The lowest BCUT2D eigenvalue weighted by Gasteiger charge is -2.39. The lowest BCUT2D eigenvalue weighted by Crippen LogP contribution is -2.42. The van der Waals surface area contributed by atoms with Gasteiger partial charge in [-0.3, -0.25) is 14.9 Å². The van der Waals surface area contributed by atoms with E-state index in [9.17, 15) is 14.9 Å². The number of carbonyl (C=O) groups is 1. The van der Waals surface area contributed by atoms with Gasteiger partial charge in [0.05, 0.1) is 10.5 Å². The van der Waals surface area contributed by atoms with Crippen LogP contribution in [0, 0.1) is 16.0 Å². The van der Waals surface area contributed by atoms with Crippen molar-refractivity contribution < 1.29 is 9.72 Å². The zero-order valence-electron chi connectivity index (χ0n) is 12.2. The first kappa shape index (κ1) is 14.0. The van der Waals surface area contributed by atoms with E-state index in [0.717, 1.165) is 24.6 Å². The molecule has 2 unspecified atom stereocenters. The fourth-order valence-corrected chi connectivity index (χ4v) is 3.92. The molecule has 1 aliphatic heterocycles. The third kappa shape index (κ3) is 2.52. The van der Waals surface area contributed by atoms with Crippen molar-refractivity contribution in [1.82, 2.24) is 0 Å². The van der Waals surface area contributed by atoms with E-state index in [1.165, 1.54) is 32.6 Å². The zero-order valence-corrected chi connectivity index (χ0v) is 12.2. The summed E-state index contributed by atoms with van der Waals surface area (Å²) in [4.78, 5) is 24.6. The molecule has 1 heterocycles. The third-order valence-corrected chi connectivity index (χ3v) is 4.88. The minimum absolute atomic E-state index is 0.0693. The van der Waals surface area contributed by atoms with Gasteiger partial charge in [-0.05, 0) is 50.7 Å². The molecule has 2 atom stereocenters. The monoisotopic (exact) mass is 288 g/mol. The number of hydrogen-bond acceptors (Lipinski definition) is 4. The van der Waals surface area contributed by atoms with Gasteiger partial charge in [0.25, 0.3) is 5.69 Å². The summed E-state index contributed by atoms with van der Waals surface area (Å²) in [6.45, 7) is 2.33. The van der Waals surface area contributed by atoms with E-state index >= 15 is 0 Å². The number of benzene rings is 1. The summed E-state index contributed by atoms with van der Waals surface area (Å²) in [7, 11) is 0. The van der Waals surface area contributed by atoms with E-state index in [-0.39, 0.29) is 17.0 Å². The first-order valence-corrected chi connectivity index (χ1v) is 7.64. The van der Waals surface area contributed by atoms with Crippen molar-refractivity contribution in [3.8, 4) is 0 Å². The number of Topliss-reactive ketones (excluding diaryl/α,β-unsaturated/α-hetero) is 1. The minimum Gasteiger partial charge on any atom is -0.368 e. The molecule has 1 aliphatic carbocycles. The number of ketones is 1. The fourth-order valence-electron chi connectivity index (χ4n) is 3.92. The highest BCUT2D eigenvalue weighted by molar-refractivity contribution is 5.98. The van der Waals surface area contributed by atoms with Crippen molar-refractivity contribution in [1.29, 1.82) is 0 Å². The Hall–Kier alpha value is -1.91. The highest BCUT2D eigenvalue weighted by Gasteiger charge is 2.35. The van der Waals surface area contributed by atoms with E-state index in [2.05, 4.69) is 4.90 Å². The second-order valence-electron chi connectivity index (χ2n) is 6.11. The number of rotatable bonds is 3. The van der Waals surface area contributed by atoms with Gasteiger partial charge in [0.1, 0.15) is 0 Å². The molecule has 0 bridgehead atoms. The van der Waals surface area contributed by atoms with Gasteiger partial charge in [-0.2, -0.15) is 0 Å². The van der Waals surface area contributed by atoms with Gasteiger partial charge in [0.2, 0.25) is 0 Å². The average Bonchev–Trinajstić information content (AvgIpc) is 2.94. The number of fused-ring (bicyclic) bond motifs is 1. The number of nitrogens with zero attached hydrogens (tertiary/aromatic N) is 2. The third-order valence-electron chi connectivity index (χ3n) is 4.88. The first-order valence-electron chi connectivity index (χ1n) is 7.64. The fraction of sp³-hybridized carbons (Fsp3) is 0.562. The maximum Gasteiger partial charge on any atom is 0.282 e. The predicted molar refractivity (Wildman–Crippen MR) is 80.8 cm³/mol. The molecule has 1 aromatic rings. The van der Waals surface area contributed by atoms with Crippen LogP contribution in [-0.2, 0) is 0 Å². The lowest BCUT2D eigenvalue weighted by molar-refractivity contribution is -0.385. The Morgan fingerprint density at radius 1 is 1.29 bits per heavy atom. The molecule has 0 radical (unpaired) electrons. The molecular formula is C16H20N2O3. The molecule has 0 aromatic heterocycles. The van der Waals surface area contributed by atoms with Crippen LogP contribution < -0.4 is 4.90 Å². The Morgan fingerprint density at radius 3 is 2.76 bits per heavy atom. The SMILES string of the molecule is CC(=O)c1ccc(N2CCCC3CCCC32)cc1[N+](=O)[O-]. The Labute approximate surface area is 124 Å². The van der Waals surface area contributed by atoms with Crippen molar-refractivity contribution in [3.63, 3.8) is 0 Å². The van der Waals surface area contributed by atoms with Gasteiger partial charge in [-0.1, -0.05) is 6.42 Å². The van der Waals surface area contributed by atoms with Gasteiger partial charge in [-0.25, -0.2) is 0 Å². The molecule has 5 nitrogen and oxygen atoms in total. The highest BCUT2D eigenvalue weighted by Crippen LogP contribution is 2.40. The maximum atomic E-state index is 11.5. The second kappa shape index (κ2) is 5.47. The van der Waals surface area contributed by atoms with Crippen molar-refractivity contribution in [2.75, 3.05) is 11.4 Å². The smallest absolute Gasteiger partial charge is 0.282 e. The maximum absolute atomic E-state index is 11.5. The molecule has 5 heteroatoms. The Morgan fingerprint density at radius 2 is 2.05 bits per heavy atom. The van der Waals surface area contributed by atoms with Gasteiger partial charge in [-0.15, -0.1) is 0 Å². The van der Waals surface area contributed by atoms with Crippen LogP contribution in [0.25, 0.3) is 0 Å². The number of nitro benzene ring substituents is 1. The lowest BCUT2D eigenvalue weighted by atomic mass is 9.91. The zero-order chi connectivity index (χ0) is 15.0. The van der Waals surface area contributed by atoms with Crippen molar-refractivity contribution in [3.05, 3.63) is 33.9 Å². The molecule has 112 valence electrons. The summed E-state index contributed by atoms with van der Waals surface area (Å²) in [6, 6.07) is 5.57. The Balaban J connectivity index is 1.96. The Bertz CT molecular complexity index is 585. The molecule has 0 spiro atoms. The molecule has 1 saturated heterocycles. The van der Waals surface area contributed by atoms with Gasteiger partial charge in [0, 0.05) is 24.3 Å². The van der Waals surface area contributed by atoms with Crippen LogP contribution in [-0.4, -0.2) is 23.3 Å². The van der Waals surface area contributed by atoms with Crippen LogP contribution in [0.2, 0.25) is 0 Å². The molecule has 0 amide bonds. The second-order valence-corrected chi connectivity index (χ2v) is 6.11. The van der Waals surface area contributed by atoms with Crippen molar-refractivity contribution >= 4 is 17.2 Å². The van der Waals surface area contributed by atoms with E-state index < -0.39 is 4.92 Å². The minimum atomic E-state index is -0.448. The van der Waals surface area contributed by atoms with Crippen LogP contribution in [0.3, 0.4) is 0 Å². The standard InChI is InChI=1S/C16H20N2O3/c1-11(19)14-8-7-13(10-16(14)18(20)21)17-9-3-5-12-4-2-6-15(12)17/h7-8,10,12,15H,2-6,9H2,1H3. The van der Waals surface area contributed by atoms with Gasteiger partial charge < -0.3 is 4.90 Å². The molecule has 1 aromatic carbocycles. The van der Waals surface area contributed by atoms with E-state index in [0.29, 0.717) is 6.04 Å². The van der Waals surface area contributed by atoms with E-state index in [1.807, 2.05) is 6.07 Å². The molecule has 2 fully saturated rings. The number of piperidine rings is 1. The van der Waals surface area contributed by atoms with E-state index in [1.54, 1.807) is 12.1 Å². The van der Waals surface area contributed by atoms with Crippen molar-refractivity contribution in [2.45, 2.75) is 45.1 Å². The molecule has 2 aliphatic rings.